The largest absolute Gasteiger partial charge is 0.376 e. The molecule has 3 nitrogen and oxygen atoms in total. The van der Waals surface area contributed by atoms with Gasteiger partial charge in [0.05, 0.1) is 0 Å². The van der Waals surface area contributed by atoms with Crippen molar-refractivity contribution in [3.63, 3.8) is 0 Å². The van der Waals surface area contributed by atoms with Crippen molar-refractivity contribution >= 4 is 5.91 Å². The van der Waals surface area contributed by atoms with Crippen molar-refractivity contribution in [3.8, 4) is 0 Å². The molecule has 0 aliphatic carbocycles. The summed E-state index contributed by atoms with van der Waals surface area (Å²) < 4.78 is 39.2. The molecule has 1 unspecified atom stereocenters. The molecule has 1 N–H and O–H groups in total. The molecule has 1 saturated heterocycles. The standard InChI is InChI=1S/C11H10F3NO2/c12-8-3-10(14)9(13)2-7(8)6-1-11(17)15(4-6)5-16/h2-3,6,16H,1,4-5H2. The molecule has 0 aromatic heterocycles. The minimum Gasteiger partial charge on any atom is -0.376 e. The number of aliphatic hydroxyl groups is 1. The van der Waals surface area contributed by atoms with Crippen LogP contribution in [-0.4, -0.2) is 29.2 Å². The molecule has 0 spiro atoms. The molecule has 92 valence electrons. The van der Waals surface area contributed by atoms with E-state index < -0.39 is 30.1 Å². The van der Waals surface area contributed by atoms with Crippen LogP contribution in [0.15, 0.2) is 12.1 Å². The number of nitrogens with zero attached hydrogens (tertiary/aromatic N) is 1. The summed E-state index contributed by atoms with van der Waals surface area (Å²) in [4.78, 5) is 12.5. The topological polar surface area (TPSA) is 40.5 Å². The maximum Gasteiger partial charge on any atom is 0.225 e. The monoisotopic (exact) mass is 245 g/mol. The van der Waals surface area contributed by atoms with E-state index in [0.717, 1.165) is 11.0 Å². The van der Waals surface area contributed by atoms with Crippen LogP contribution in [0, 0.1) is 17.5 Å². The molecule has 0 saturated carbocycles. The SMILES string of the molecule is O=C1CC(c2cc(F)c(F)cc2F)CN1CO. The van der Waals surface area contributed by atoms with Gasteiger partial charge in [-0.05, 0) is 11.6 Å². The average molecular weight is 245 g/mol. The Morgan fingerprint density at radius 2 is 1.88 bits per heavy atom. The molecule has 1 aromatic carbocycles. The number of hydrogen-bond donors (Lipinski definition) is 1. The van der Waals surface area contributed by atoms with Gasteiger partial charge in [0.15, 0.2) is 11.6 Å². The second-order valence-corrected chi connectivity index (χ2v) is 3.95. The maximum absolute atomic E-state index is 13.4. The number of aliphatic hydroxyl groups excluding tert-OH is 1. The van der Waals surface area contributed by atoms with Crippen molar-refractivity contribution in [1.82, 2.24) is 4.90 Å². The van der Waals surface area contributed by atoms with E-state index in [-0.39, 0.29) is 24.4 Å². The molecule has 1 aliphatic rings. The maximum atomic E-state index is 13.4. The van der Waals surface area contributed by atoms with Gasteiger partial charge in [-0.1, -0.05) is 0 Å². The third-order valence-corrected chi connectivity index (χ3v) is 2.86. The van der Waals surface area contributed by atoms with Gasteiger partial charge in [-0.3, -0.25) is 4.79 Å². The number of hydrogen-bond acceptors (Lipinski definition) is 2. The van der Waals surface area contributed by atoms with Gasteiger partial charge in [0.2, 0.25) is 5.91 Å². The third-order valence-electron chi connectivity index (χ3n) is 2.86. The quantitative estimate of drug-likeness (QED) is 0.799. The van der Waals surface area contributed by atoms with Gasteiger partial charge >= 0.3 is 0 Å². The fourth-order valence-corrected chi connectivity index (χ4v) is 1.97. The van der Waals surface area contributed by atoms with E-state index in [9.17, 15) is 18.0 Å². The van der Waals surface area contributed by atoms with E-state index in [1.807, 2.05) is 0 Å². The summed E-state index contributed by atoms with van der Waals surface area (Å²) in [6.45, 7) is -0.349. The van der Waals surface area contributed by atoms with Crippen molar-refractivity contribution in [2.45, 2.75) is 12.3 Å². The molecule has 6 heteroatoms. The summed E-state index contributed by atoms with van der Waals surface area (Å²) in [5.41, 5.74) is -0.0341. The summed E-state index contributed by atoms with van der Waals surface area (Å²) in [5.74, 6) is -4.15. The van der Waals surface area contributed by atoms with Crippen molar-refractivity contribution in [2.75, 3.05) is 13.3 Å². The average Bonchev–Trinajstić information content (AvgIpc) is 2.65. The Morgan fingerprint density at radius 1 is 1.24 bits per heavy atom. The Morgan fingerprint density at radius 3 is 2.47 bits per heavy atom. The lowest BCUT2D eigenvalue weighted by Gasteiger charge is -2.13. The molecule has 1 fully saturated rings. The normalized spacial score (nSPS) is 20.1. The van der Waals surface area contributed by atoms with Gasteiger partial charge in [-0.2, -0.15) is 0 Å². The molecular weight excluding hydrogens is 235 g/mol. The number of likely N-dealkylation sites (tertiary alicyclic amines) is 1. The highest BCUT2D eigenvalue weighted by Gasteiger charge is 2.32. The summed E-state index contributed by atoms with van der Waals surface area (Å²) in [6.07, 6.45) is -0.0114. The zero-order valence-electron chi connectivity index (χ0n) is 8.79. The van der Waals surface area contributed by atoms with Crippen LogP contribution in [0.25, 0.3) is 0 Å². The Balaban J connectivity index is 2.30. The van der Waals surface area contributed by atoms with Crippen molar-refractivity contribution in [1.29, 1.82) is 0 Å². The minimum absolute atomic E-state index is 0.0114. The smallest absolute Gasteiger partial charge is 0.225 e. The molecule has 1 aromatic rings. The first kappa shape index (κ1) is 11.9. The highest BCUT2D eigenvalue weighted by Crippen LogP contribution is 2.30. The number of carbonyl (C=O) groups excluding carboxylic acids is 1. The van der Waals surface area contributed by atoms with Gasteiger partial charge < -0.3 is 10.0 Å². The van der Waals surface area contributed by atoms with Gasteiger partial charge in [0.1, 0.15) is 12.5 Å². The van der Waals surface area contributed by atoms with Gasteiger partial charge in [0.25, 0.3) is 0 Å². The van der Waals surface area contributed by atoms with E-state index in [4.69, 9.17) is 5.11 Å². The number of amides is 1. The first-order valence-corrected chi connectivity index (χ1v) is 5.06. The summed E-state index contributed by atoms with van der Waals surface area (Å²) in [6, 6.07) is 1.24. The molecule has 0 radical (unpaired) electrons. The van der Waals surface area contributed by atoms with Crippen molar-refractivity contribution in [3.05, 3.63) is 35.1 Å². The highest BCUT2D eigenvalue weighted by molar-refractivity contribution is 5.79. The predicted molar refractivity (Wildman–Crippen MR) is 52.5 cm³/mol. The molecule has 1 aliphatic heterocycles. The van der Waals surface area contributed by atoms with Gasteiger partial charge in [-0.15, -0.1) is 0 Å². The molecule has 2 rings (SSSR count). The summed E-state index contributed by atoms with van der Waals surface area (Å²) in [5, 5.41) is 8.85. The fraction of sp³-hybridized carbons (Fsp3) is 0.364. The van der Waals surface area contributed by atoms with E-state index in [2.05, 4.69) is 0 Å². The first-order valence-electron chi connectivity index (χ1n) is 5.06. The lowest BCUT2D eigenvalue weighted by atomic mass is 9.97. The highest BCUT2D eigenvalue weighted by atomic mass is 19.2. The molecule has 1 amide bonds. The van der Waals surface area contributed by atoms with E-state index in [1.165, 1.54) is 0 Å². The van der Waals surface area contributed by atoms with Crippen LogP contribution in [0.5, 0.6) is 0 Å². The van der Waals surface area contributed by atoms with Gasteiger partial charge in [0, 0.05) is 24.9 Å². The van der Waals surface area contributed by atoms with Crippen LogP contribution in [0.4, 0.5) is 13.2 Å². The molecule has 17 heavy (non-hydrogen) atoms. The van der Waals surface area contributed by atoms with Crippen LogP contribution >= 0.6 is 0 Å². The van der Waals surface area contributed by atoms with Crippen LogP contribution in [0.1, 0.15) is 17.9 Å². The van der Waals surface area contributed by atoms with Crippen molar-refractivity contribution in [2.24, 2.45) is 0 Å². The molecule has 1 heterocycles. The Kier molecular flexibility index (Phi) is 3.06. The van der Waals surface area contributed by atoms with E-state index in [1.54, 1.807) is 0 Å². The van der Waals surface area contributed by atoms with Gasteiger partial charge in [-0.25, -0.2) is 13.2 Å². The summed E-state index contributed by atoms with van der Waals surface area (Å²) in [7, 11) is 0. The fourth-order valence-electron chi connectivity index (χ4n) is 1.97. The third kappa shape index (κ3) is 2.12. The van der Waals surface area contributed by atoms with Crippen LogP contribution in [-0.2, 0) is 4.79 Å². The van der Waals surface area contributed by atoms with Crippen LogP contribution < -0.4 is 0 Å². The van der Waals surface area contributed by atoms with Crippen LogP contribution in [0.3, 0.4) is 0 Å². The molecule has 1 atom stereocenters. The van der Waals surface area contributed by atoms with E-state index in [0.29, 0.717) is 6.07 Å². The number of halogens is 3. The molecular formula is C11H10F3NO2. The Bertz CT molecular complexity index is 464. The number of carbonyl (C=O) groups is 1. The zero-order chi connectivity index (χ0) is 12.6. The van der Waals surface area contributed by atoms with Crippen LogP contribution in [0.2, 0.25) is 0 Å². The predicted octanol–water partition coefficient (Wildman–Crippen LogP) is 1.37. The Hall–Kier alpha value is -1.56. The summed E-state index contributed by atoms with van der Waals surface area (Å²) >= 11 is 0. The lowest BCUT2D eigenvalue weighted by Crippen LogP contribution is -2.25. The Labute approximate surface area is 95.5 Å². The number of benzene rings is 1. The second kappa shape index (κ2) is 4.37. The first-order chi connectivity index (χ1) is 8.02. The minimum atomic E-state index is -1.26. The molecule has 0 bridgehead atoms. The lowest BCUT2D eigenvalue weighted by molar-refractivity contribution is -0.130. The zero-order valence-corrected chi connectivity index (χ0v) is 8.79. The van der Waals surface area contributed by atoms with Crippen molar-refractivity contribution < 1.29 is 23.1 Å². The number of rotatable bonds is 2. The second-order valence-electron chi connectivity index (χ2n) is 3.95. The van der Waals surface area contributed by atoms with E-state index >= 15 is 0 Å².